The number of aromatic nitrogens is 2. The molecule has 0 bridgehead atoms. The third-order valence-electron chi connectivity index (χ3n) is 3.00. The number of hydrogen-bond acceptors (Lipinski definition) is 4. The number of aromatic amines is 1. The highest BCUT2D eigenvalue weighted by molar-refractivity contribution is 7.92. The van der Waals surface area contributed by atoms with Gasteiger partial charge in [-0.25, -0.2) is 8.42 Å². The van der Waals surface area contributed by atoms with Crippen molar-refractivity contribution in [3.8, 4) is 6.07 Å². The normalized spacial score (nSPS) is 11.1. The Morgan fingerprint density at radius 1 is 1.38 bits per heavy atom. The first-order valence-electron chi connectivity index (χ1n) is 6.54. The zero-order chi connectivity index (χ0) is 15.5. The maximum atomic E-state index is 12.4. The van der Waals surface area contributed by atoms with Crippen LogP contribution in [-0.2, 0) is 16.4 Å². The van der Waals surface area contributed by atoms with Crippen molar-refractivity contribution in [2.45, 2.75) is 31.6 Å². The molecular formula is C14H16N4O2S. The Bertz CT molecular complexity index is 788. The minimum absolute atomic E-state index is 0.0848. The first kappa shape index (κ1) is 15.1. The minimum Gasteiger partial charge on any atom is -0.280 e. The molecule has 2 rings (SSSR count). The Hall–Kier alpha value is -2.33. The lowest BCUT2D eigenvalue weighted by molar-refractivity contribution is 0.600. The van der Waals surface area contributed by atoms with Gasteiger partial charge in [0.05, 0.1) is 16.5 Å². The summed E-state index contributed by atoms with van der Waals surface area (Å²) in [4.78, 5) is 0.0848. The Labute approximate surface area is 123 Å². The third-order valence-corrected chi connectivity index (χ3v) is 4.49. The molecule has 0 atom stereocenters. The molecule has 0 aliphatic heterocycles. The van der Waals surface area contributed by atoms with Gasteiger partial charge in [0.15, 0.2) is 5.82 Å². The minimum atomic E-state index is -3.76. The predicted octanol–water partition coefficient (Wildman–Crippen LogP) is 2.34. The van der Waals surface area contributed by atoms with E-state index >= 15 is 0 Å². The highest BCUT2D eigenvalue weighted by atomic mass is 32.2. The molecule has 0 unspecified atom stereocenters. The summed E-state index contributed by atoms with van der Waals surface area (Å²) in [5.74, 6) is 0.250. The van der Waals surface area contributed by atoms with Crippen molar-refractivity contribution in [2.75, 3.05) is 4.72 Å². The second-order valence-corrected chi connectivity index (χ2v) is 6.38. The summed E-state index contributed by atoms with van der Waals surface area (Å²) in [6.07, 6.45) is 1.75. The summed E-state index contributed by atoms with van der Waals surface area (Å²) >= 11 is 0. The quantitative estimate of drug-likeness (QED) is 0.885. The summed E-state index contributed by atoms with van der Waals surface area (Å²) in [7, 11) is -3.76. The van der Waals surface area contributed by atoms with Gasteiger partial charge < -0.3 is 0 Å². The summed E-state index contributed by atoms with van der Waals surface area (Å²) in [5, 5.41) is 15.6. The van der Waals surface area contributed by atoms with E-state index in [2.05, 4.69) is 14.9 Å². The van der Waals surface area contributed by atoms with Gasteiger partial charge in [0, 0.05) is 11.8 Å². The monoisotopic (exact) mass is 304 g/mol. The number of nitrogens with zero attached hydrogens (tertiary/aromatic N) is 2. The topological polar surface area (TPSA) is 98.6 Å². The van der Waals surface area contributed by atoms with E-state index in [0.29, 0.717) is 11.1 Å². The lowest BCUT2D eigenvalue weighted by Crippen LogP contribution is -2.14. The number of nitriles is 1. The van der Waals surface area contributed by atoms with Crippen molar-refractivity contribution < 1.29 is 8.42 Å². The Morgan fingerprint density at radius 3 is 2.81 bits per heavy atom. The van der Waals surface area contributed by atoms with Crippen LogP contribution in [-0.4, -0.2) is 18.6 Å². The van der Waals surface area contributed by atoms with E-state index in [1.807, 2.05) is 13.0 Å². The maximum Gasteiger partial charge on any atom is 0.263 e. The molecule has 7 heteroatoms. The van der Waals surface area contributed by atoms with Crippen molar-refractivity contribution in [3.63, 3.8) is 0 Å². The fourth-order valence-electron chi connectivity index (χ4n) is 1.96. The fourth-order valence-corrected chi connectivity index (χ4v) is 3.23. The van der Waals surface area contributed by atoms with Gasteiger partial charge in [-0.15, -0.1) is 0 Å². The average Bonchev–Trinajstić information content (AvgIpc) is 2.86. The van der Waals surface area contributed by atoms with Crippen molar-refractivity contribution in [2.24, 2.45) is 0 Å². The fraction of sp³-hybridized carbons (Fsp3) is 0.286. The van der Waals surface area contributed by atoms with E-state index in [4.69, 9.17) is 5.26 Å². The number of anilines is 1. The van der Waals surface area contributed by atoms with Crippen LogP contribution in [0.4, 0.5) is 5.82 Å². The number of aryl methyl sites for hydroxylation is 2. The van der Waals surface area contributed by atoms with Crippen molar-refractivity contribution >= 4 is 15.8 Å². The number of rotatable bonds is 5. The predicted molar refractivity (Wildman–Crippen MR) is 79.3 cm³/mol. The molecule has 0 radical (unpaired) electrons. The molecule has 0 aliphatic rings. The number of nitrogens with one attached hydrogen (secondary N) is 2. The van der Waals surface area contributed by atoms with E-state index in [9.17, 15) is 8.42 Å². The first-order valence-corrected chi connectivity index (χ1v) is 8.02. The van der Waals surface area contributed by atoms with Gasteiger partial charge in [0.1, 0.15) is 0 Å². The molecular weight excluding hydrogens is 288 g/mol. The molecule has 1 aromatic heterocycles. The molecule has 2 aromatic rings. The molecule has 0 saturated heterocycles. The summed E-state index contributed by atoms with van der Waals surface area (Å²) in [6, 6.07) is 8.16. The molecule has 6 nitrogen and oxygen atoms in total. The summed E-state index contributed by atoms with van der Waals surface area (Å²) in [5.41, 5.74) is 1.75. The Morgan fingerprint density at radius 2 is 2.14 bits per heavy atom. The van der Waals surface area contributed by atoms with E-state index in [0.717, 1.165) is 18.5 Å². The summed E-state index contributed by atoms with van der Waals surface area (Å²) < 4.78 is 27.2. The van der Waals surface area contributed by atoms with E-state index in [1.54, 1.807) is 25.1 Å². The van der Waals surface area contributed by atoms with Crippen LogP contribution in [0.1, 0.15) is 30.2 Å². The molecule has 2 N–H and O–H groups in total. The number of hydrogen-bond donors (Lipinski definition) is 2. The molecule has 0 spiro atoms. The largest absolute Gasteiger partial charge is 0.280 e. The van der Waals surface area contributed by atoms with Crippen LogP contribution in [0.25, 0.3) is 0 Å². The van der Waals surface area contributed by atoms with Crippen molar-refractivity contribution in [3.05, 3.63) is 41.1 Å². The molecule has 0 fully saturated rings. The molecule has 0 saturated carbocycles. The third kappa shape index (κ3) is 3.41. The highest BCUT2D eigenvalue weighted by Crippen LogP contribution is 2.20. The van der Waals surface area contributed by atoms with Gasteiger partial charge >= 0.3 is 0 Å². The second kappa shape index (κ2) is 5.97. The standard InChI is InChI=1S/C14H16N4O2S/c1-3-4-12-8-14(17-16-12)18-21(19,20)13-7-11(9-15)6-5-10(13)2/h5-8H,3-4H2,1-2H3,(H2,16,17,18). The van der Waals surface area contributed by atoms with Gasteiger partial charge in [-0.3, -0.25) is 9.82 Å². The SMILES string of the molecule is CCCc1cc(NS(=O)(=O)c2cc(C#N)ccc2C)n[nH]1. The van der Waals surface area contributed by atoms with Crippen LogP contribution in [0.5, 0.6) is 0 Å². The van der Waals surface area contributed by atoms with E-state index < -0.39 is 10.0 Å². The van der Waals surface area contributed by atoms with E-state index in [1.165, 1.54) is 6.07 Å². The molecule has 0 amide bonds. The number of benzene rings is 1. The molecule has 110 valence electrons. The van der Waals surface area contributed by atoms with Crippen LogP contribution < -0.4 is 4.72 Å². The van der Waals surface area contributed by atoms with Crippen LogP contribution >= 0.6 is 0 Å². The molecule has 1 aromatic carbocycles. The number of H-pyrrole nitrogens is 1. The van der Waals surface area contributed by atoms with Crippen molar-refractivity contribution in [1.29, 1.82) is 5.26 Å². The van der Waals surface area contributed by atoms with Crippen LogP contribution in [0.3, 0.4) is 0 Å². The van der Waals surface area contributed by atoms with Crippen molar-refractivity contribution in [1.82, 2.24) is 10.2 Å². The Kier molecular flexibility index (Phi) is 4.29. The van der Waals surface area contributed by atoms with Gasteiger partial charge in [-0.2, -0.15) is 10.4 Å². The highest BCUT2D eigenvalue weighted by Gasteiger charge is 2.19. The maximum absolute atomic E-state index is 12.4. The smallest absolute Gasteiger partial charge is 0.263 e. The zero-order valence-electron chi connectivity index (χ0n) is 11.8. The lowest BCUT2D eigenvalue weighted by atomic mass is 10.2. The molecule has 0 aliphatic carbocycles. The molecule has 21 heavy (non-hydrogen) atoms. The lowest BCUT2D eigenvalue weighted by Gasteiger charge is -2.08. The number of sulfonamides is 1. The Balaban J connectivity index is 2.31. The van der Waals surface area contributed by atoms with Gasteiger partial charge in [0.2, 0.25) is 0 Å². The van der Waals surface area contributed by atoms with Gasteiger partial charge in [-0.05, 0) is 31.0 Å². The van der Waals surface area contributed by atoms with E-state index in [-0.39, 0.29) is 10.7 Å². The first-order chi connectivity index (χ1) is 9.96. The van der Waals surface area contributed by atoms with Crippen LogP contribution in [0, 0.1) is 18.3 Å². The average molecular weight is 304 g/mol. The van der Waals surface area contributed by atoms with Gasteiger partial charge in [-0.1, -0.05) is 19.4 Å². The van der Waals surface area contributed by atoms with Crippen LogP contribution in [0.2, 0.25) is 0 Å². The summed E-state index contributed by atoms with van der Waals surface area (Å²) in [6.45, 7) is 3.71. The zero-order valence-corrected chi connectivity index (χ0v) is 12.7. The second-order valence-electron chi connectivity index (χ2n) is 4.73. The van der Waals surface area contributed by atoms with Gasteiger partial charge in [0.25, 0.3) is 10.0 Å². The molecule has 1 heterocycles. The van der Waals surface area contributed by atoms with Crippen LogP contribution in [0.15, 0.2) is 29.2 Å².